The Balaban J connectivity index is 0.00000289. The molecular weight excluding hydrogens is 537 g/mol. The van der Waals surface area contributed by atoms with Crippen LogP contribution >= 0.6 is 35.3 Å². The average Bonchev–Trinajstić information content (AvgIpc) is 3.57. The molecule has 7 nitrogen and oxygen atoms in total. The number of likely N-dealkylation sites (tertiary alicyclic amines) is 1. The Labute approximate surface area is 211 Å². The first-order chi connectivity index (χ1) is 15.1. The smallest absolute Gasteiger partial charge is 0.233 e. The second-order valence-electron chi connectivity index (χ2n) is 8.50. The lowest BCUT2D eigenvalue weighted by molar-refractivity contribution is -0.140. The summed E-state index contributed by atoms with van der Waals surface area (Å²) in [5.74, 6) is 0.974. The lowest BCUT2D eigenvalue weighted by Gasteiger charge is -2.30. The van der Waals surface area contributed by atoms with Crippen molar-refractivity contribution in [3.05, 3.63) is 34.5 Å². The molecule has 2 amide bonds. The van der Waals surface area contributed by atoms with E-state index in [2.05, 4.69) is 63.4 Å². The molecule has 5 unspecified atom stereocenters. The molecule has 1 aromatic heterocycles. The van der Waals surface area contributed by atoms with Gasteiger partial charge in [0.2, 0.25) is 11.8 Å². The highest BCUT2D eigenvalue weighted by atomic mass is 127. The Morgan fingerprint density at radius 1 is 1.19 bits per heavy atom. The Bertz CT molecular complexity index is 825. The maximum absolute atomic E-state index is 12.8. The van der Waals surface area contributed by atoms with Crippen molar-refractivity contribution < 1.29 is 9.59 Å². The van der Waals surface area contributed by atoms with Crippen LogP contribution in [-0.4, -0.2) is 67.3 Å². The number of nitrogens with one attached hydrogen (secondary N) is 2. The standard InChI is InChI=1S/C23H33N5O2S.HI/c1-4-27(5-2)18(17-8-11-31-14-17)13-26-23(24-3)25-9-10-28-21(29)19-15-6-7-16(12-15)20(19)22(28)30;/h6-8,11,14-16,18-20H,4-5,9-10,12-13H2,1-3H3,(H2,24,25,26);1H. The molecule has 1 saturated carbocycles. The third-order valence-corrected chi connectivity index (χ3v) is 7.76. The van der Waals surface area contributed by atoms with Crippen molar-refractivity contribution in [1.29, 1.82) is 0 Å². The van der Waals surface area contributed by atoms with Gasteiger partial charge in [0.05, 0.1) is 17.9 Å². The van der Waals surface area contributed by atoms with E-state index in [0.717, 1.165) is 26.1 Å². The number of guanidine groups is 1. The summed E-state index contributed by atoms with van der Waals surface area (Å²) in [7, 11) is 1.74. The molecular formula is C23H34IN5O2S. The summed E-state index contributed by atoms with van der Waals surface area (Å²) in [6.07, 6.45) is 5.22. The number of rotatable bonds is 9. The number of hydrogen-bond donors (Lipinski definition) is 2. The van der Waals surface area contributed by atoms with Crippen molar-refractivity contribution in [2.75, 3.05) is 39.8 Å². The van der Waals surface area contributed by atoms with Crippen molar-refractivity contribution in [2.24, 2.45) is 28.7 Å². The van der Waals surface area contributed by atoms with E-state index < -0.39 is 0 Å². The first-order valence-corrected chi connectivity index (χ1v) is 12.3. The fourth-order valence-corrected chi connectivity index (χ4v) is 6.18. The number of thiophene rings is 1. The number of amides is 2. The molecule has 5 atom stereocenters. The number of fused-ring (bicyclic) bond motifs is 5. The molecule has 1 aliphatic heterocycles. The normalized spacial score (nSPS) is 27.1. The minimum Gasteiger partial charge on any atom is -0.355 e. The van der Waals surface area contributed by atoms with Gasteiger partial charge >= 0.3 is 0 Å². The van der Waals surface area contributed by atoms with Crippen LogP contribution in [0.1, 0.15) is 31.9 Å². The van der Waals surface area contributed by atoms with Gasteiger partial charge in [0.15, 0.2) is 5.96 Å². The zero-order valence-electron chi connectivity index (χ0n) is 19.0. The Morgan fingerprint density at radius 3 is 2.38 bits per heavy atom. The van der Waals surface area contributed by atoms with Crippen molar-refractivity contribution in [1.82, 2.24) is 20.4 Å². The average molecular weight is 572 g/mol. The van der Waals surface area contributed by atoms with E-state index in [0.29, 0.717) is 19.0 Å². The Morgan fingerprint density at radius 2 is 1.84 bits per heavy atom. The predicted octanol–water partition coefficient (Wildman–Crippen LogP) is 2.72. The van der Waals surface area contributed by atoms with Gasteiger partial charge in [0.1, 0.15) is 0 Å². The van der Waals surface area contributed by atoms with Gasteiger partial charge in [-0.05, 0) is 53.7 Å². The lowest BCUT2D eigenvalue weighted by Crippen LogP contribution is -2.46. The molecule has 4 rings (SSSR count). The molecule has 2 N–H and O–H groups in total. The maximum Gasteiger partial charge on any atom is 0.233 e. The van der Waals surface area contributed by atoms with Gasteiger partial charge in [-0.25, -0.2) is 0 Å². The third-order valence-electron chi connectivity index (χ3n) is 7.06. The second-order valence-corrected chi connectivity index (χ2v) is 9.28. The largest absolute Gasteiger partial charge is 0.355 e. The molecule has 1 aromatic rings. The number of carbonyl (C=O) groups is 2. The highest BCUT2D eigenvalue weighted by molar-refractivity contribution is 14.0. The molecule has 2 fully saturated rings. The van der Waals surface area contributed by atoms with Crippen LogP contribution in [0.3, 0.4) is 0 Å². The molecule has 3 aliphatic rings. The first-order valence-electron chi connectivity index (χ1n) is 11.3. The highest BCUT2D eigenvalue weighted by Gasteiger charge is 2.58. The summed E-state index contributed by atoms with van der Waals surface area (Å²) in [5, 5.41) is 11.0. The monoisotopic (exact) mass is 571 g/mol. The quantitative estimate of drug-likeness (QED) is 0.157. The minimum absolute atomic E-state index is 0. The van der Waals surface area contributed by atoms with E-state index in [4.69, 9.17) is 0 Å². The zero-order chi connectivity index (χ0) is 22.0. The van der Waals surface area contributed by atoms with Crippen LogP contribution < -0.4 is 10.6 Å². The number of likely N-dealkylation sites (N-methyl/N-ethyl adjacent to an activating group) is 1. The van der Waals surface area contributed by atoms with Crippen LogP contribution in [0, 0.1) is 23.7 Å². The van der Waals surface area contributed by atoms with Crippen molar-refractivity contribution in [3.8, 4) is 0 Å². The van der Waals surface area contributed by atoms with Crippen LogP contribution in [0.25, 0.3) is 0 Å². The highest BCUT2D eigenvalue weighted by Crippen LogP contribution is 2.52. The van der Waals surface area contributed by atoms with Gasteiger partial charge in [-0.1, -0.05) is 26.0 Å². The fourth-order valence-electron chi connectivity index (χ4n) is 5.47. The Hall–Kier alpha value is -1.46. The van der Waals surface area contributed by atoms with E-state index >= 15 is 0 Å². The number of allylic oxidation sites excluding steroid dienone is 2. The molecule has 9 heteroatoms. The number of imide groups is 1. The molecule has 2 bridgehead atoms. The van der Waals surface area contributed by atoms with Crippen LogP contribution in [0.4, 0.5) is 0 Å². The molecule has 0 aromatic carbocycles. The summed E-state index contributed by atoms with van der Waals surface area (Å²) in [6, 6.07) is 2.44. The number of hydrogen-bond acceptors (Lipinski definition) is 5. The number of aliphatic imine (C=N–C) groups is 1. The predicted molar refractivity (Wildman–Crippen MR) is 139 cm³/mol. The topological polar surface area (TPSA) is 77.0 Å². The molecule has 0 radical (unpaired) electrons. The lowest BCUT2D eigenvalue weighted by atomic mass is 9.85. The second kappa shape index (κ2) is 11.1. The molecule has 32 heavy (non-hydrogen) atoms. The van der Waals surface area contributed by atoms with Crippen LogP contribution in [-0.2, 0) is 9.59 Å². The first kappa shape index (κ1) is 25.2. The van der Waals surface area contributed by atoms with Gasteiger partial charge in [-0.3, -0.25) is 24.4 Å². The SMILES string of the molecule is CCN(CC)C(CNC(=NC)NCCN1C(=O)C2C3C=CC(C3)C2C1=O)c1ccsc1.I. The molecule has 1 saturated heterocycles. The van der Waals surface area contributed by atoms with Crippen molar-refractivity contribution >= 4 is 53.1 Å². The van der Waals surface area contributed by atoms with Gasteiger partial charge in [0.25, 0.3) is 0 Å². The minimum atomic E-state index is -0.125. The van der Waals surface area contributed by atoms with E-state index in [-0.39, 0.29) is 65.5 Å². The van der Waals surface area contributed by atoms with Crippen LogP contribution in [0.2, 0.25) is 0 Å². The van der Waals surface area contributed by atoms with E-state index in [1.54, 1.807) is 18.4 Å². The maximum atomic E-state index is 12.8. The van der Waals surface area contributed by atoms with E-state index in [9.17, 15) is 9.59 Å². The Kier molecular flexibility index (Phi) is 8.74. The molecule has 2 heterocycles. The zero-order valence-corrected chi connectivity index (χ0v) is 22.1. The summed E-state index contributed by atoms with van der Waals surface area (Å²) in [5.41, 5.74) is 1.31. The van der Waals surface area contributed by atoms with Crippen LogP contribution in [0.15, 0.2) is 34.0 Å². The molecule has 176 valence electrons. The third kappa shape index (κ3) is 4.75. The summed E-state index contributed by atoms with van der Waals surface area (Å²) in [4.78, 5) is 33.8. The van der Waals surface area contributed by atoms with Gasteiger partial charge in [-0.2, -0.15) is 11.3 Å². The molecule has 2 aliphatic carbocycles. The van der Waals surface area contributed by atoms with E-state index in [1.165, 1.54) is 10.5 Å². The van der Waals surface area contributed by atoms with Crippen LogP contribution in [0.5, 0.6) is 0 Å². The number of nitrogens with zero attached hydrogens (tertiary/aromatic N) is 3. The van der Waals surface area contributed by atoms with Crippen molar-refractivity contribution in [3.63, 3.8) is 0 Å². The van der Waals surface area contributed by atoms with E-state index in [1.807, 2.05) is 0 Å². The number of carbonyl (C=O) groups excluding carboxylic acids is 2. The van der Waals surface area contributed by atoms with Crippen molar-refractivity contribution in [2.45, 2.75) is 26.3 Å². The fraction of sp³-hybridized carbons (Fsp3) is 0.609. The summed E-state index contributed by atoms with van der Waals surface area (Å²) < 4.78 is 0. The van der Waals surface area contributed by atoms with Gasteiger partial charge < -0.3 is 10.6 Å². The van der Waals surface area contributed by atoms with Gasteiger partial charge in [-0.15, -0.1) is 24.0 Å². The van der Waals surface area contributed by atoms with Gasteiger partial charge in [0, 0.05) is 26.7 Å². The summed E-state index contributed by atoms with van der Waals surface area (Å²) >= 11 is 1.71. The number of halogens is 1. The molecule has 0 spiro atoms. The summed E-state index contributed by atoms with van der Waals surface area (Å²) in [6.45, 7) is 7.92.